The van der Waals surface area contributed by atoms with E-state index in [1.165, 1.54) is 0 Å². The van der Waals surface area contributed by atoms with Gasteiger partial charge in [-0.3, -0.25) is 9.59 Å². The highest BCUT2D eigenvalue weighted by atomic mass is 16.2. The second kappa shape index (κ2) is 9.10. The van der Waals surface area contributed by atoms with Crippen LogP contribution in [0.1, 0.15) is 49.7 Å². The van der Waals surface area contributed by atoms with Crippen molar-refractivity contribution >= 4 is 23.7 Å². The molecule has 0 spiro atoms. The van der Waals surface area contributed by atoms with E-state index in [2.05, 4.69) is 0 Å². The summed E-state index contributed by atoms with van der Waals surface area (Å²) < 4.78 is 0. The van der Waals surface area contributed by atoms with Crippen LogP contribution in [0.3, 0.4) is 0 Å². The van der Waals surface area contributed by atoms with Crippen molar-refractivity contribution < 1.29 is 9.59 Å². The van der Waals surface area contributed by atoms with E-state index in [1.807, 2.05) is 72.8 Å². The fourth-order valence-corrected chi connectivity index (χ4v) is 3.28. The van der Waals surface area contributed by atoms with Gasteiger partial charge in [0.15, 0.2) is 0 Å². The predicted molar refractivity (Wildman–Crippen MR) is 107 cm³/mol. The quantitative estimate of drug-likeness (QED) is 0.521. The molecule has 0 aliphatic heterocycles. The highest BCUT2D eigenvalue weighted by Gasteiger charge is 2.23. The molecule has 1 aliphatic rings. The maximum Gasteiger partial charge on any atom is 0.229 e. The van der Waals surface area contributed by atoms with Gasteiger partial charge in [-0.1, -0.05) is 73.5 Å². The molecule has 132 valence electrons. The van der Waals surface area contributed by atoms with Crippen LogP contribution in [0.2, 0.25) is 0 Å². The van der Waals surface area contributed by atoms with E-state index in [1.54, 1.807) is 0 Å². The third-order valence-corrected chi connectivity index (χ3v) is 4.71. The Morgan fingerprint density at radius 1 is 0.538 bits per heavy atom. The second-order valence-corrected chi connectivity index (χ2v) is 6.73. The van der Waals surface area contributed by atoms with Gasteiger partial charge in [0.25, 0.3) is 0 Å². The van der Waals surface area contributed by atoms with Gasteiger partial charge in [-0.2, -0.15) is 0 Å². The molecule has 2 aromatic rings. The van der Waals surface area contributed by atoms with Crippen LogP contribution in [0, 0.1) is 0 Å². The Kier molecular flexibility index (Phi) is 6.32. The summed E-state index contributed by atoms with van der Waals surface area (Å²) in [6, 6.07) is 19.5. The minimum Gasteiger partial charge on any atom is -0.285 e. The van der Waals surface area contributed by atoms with Crippen LogP contribution in [-0.2, 0) is 9.59 Å². The van der Waals surface area contributed by atoms with Crippen molar-refractivity contribution in [2.45, 2.75) is 38.5 Å². The fourth-order valence-electron chi connectivity index (χ4n) is 3.28. The van der Waals surface area contributed by atoms with Gasteiger partial charge in [-0.15, -0.1) is 0 Å². The minimum absolute atomic E-state index is 0.349. The lowest BCUT2D eigenvalue weighted by molar-refractivity contribution is -0.132. The molecule has 0 radical (unpaired) electrons. The highest BCUT2D eigenvalue weighted by Crippen LogP contribution is 2.23. The first-order chi connectivity index (χ1) is 12.7. The molecule has 0 bridgehead atoms. The van der Waals surface area contributed by atoms with Crippen LogP contribution >= 0.6 is 0 Å². The lowest BCUT2D eigenvalue weighted by Gasteiger charge is -2.12. The average Bonchev–Trinajstić information content (AvgIpc) is 2.68. The normalized spacial score (nSPS) is 19.7. The number of rotatable bonds is 2. The molecular formula is C24H24O2. The van der Waals surface area contributed by atoms with Crippen molar-refractivity contribution in [3.05, 3.63) is 82.9 Å². The molecule has 0 N–H and O–H groups in total. The van der Waals surface area contributed by atoms with Crippen molar-refractivity contribution in [2.24, 2.45) is 0 Å². The standard InChI is InChI=1S/C24H24O2/c25-23-21(17-19-11-5-3-6-12-19)15-9-1-2-10-16-22(24(23)26)18-20-13-7-4-8-14-20/h3-8,11-14,17-18H,1-2,9-10,15-16H2. The molecule has 2 heteroatoms. The molecule has 3 rings (SSSR count). The summed E-state index contributed by atoms with van der Waals surface area (Å²) >= 11 is 0. The summed E-state index contributed by atoms with van der Waals surface area (Å²) in [5, 5.41) is 0. The monoisotopic (exact) mass is 344 g/mol. The smallest absolute Gasteiger partial charge is 0.229 e. The van der Waals surface area contributed by atoms with E-state index in [4.69, 9.17) is 0 Å². The number of Topliss-reactive ketones (excluding diaryl/α,β-unsaturated/α-hetero) is 2. The SMILES string of the molecule is O=C1C(=O)C(=Cc2ccccc2)CCCCCCC1=Cc1ccccc1. The van der Waals surface area contributed by atoms with Crippen molar-refractivity contribution in [3.8, 4) is 0 Å². The van der Waals surface area contributed by atoms with E-state index in [9.17, 15) is 9.59 Å². The van der Waals surface area contributed by atoms with Crippen LogP contribution < -0.4 is 0 Å². The molecule has 2 nitrogen and oxygen atoms in total. The summed E-state index contributed by atoms with van der Waals surface area (Å²) in [4.78, 5) is 25.8. The van der Waals surface area contributed by atoms with E-state index >= 15 is 0 Å². The van der Waals surface area contributed by atoms with Gasteiger partial charge in [0.05, 0.1) is 0 Å². The Morgan fingerprint density at radius 2 is 0.923 bits per heavy atom. The Bertz CT molecular complexity index is 742. The molecule has 0 amide bonds. The van der Waals surface area contributed by atoms with Gasteiger partial charge >= 0.3 is 0 Å². The highest BCUT2D eigenvalue weighted by molar-refractivity contribution is 6.50. The minimum atomic E-state index is -0.349. The van der Waals surface area contributed by atoms with Crippen LogP contribution in [0.5, 0.6) is 0 Å². The summed E-state index contributed by atoms with van der Waals surface area (Å²) in [7, 11) is 0. The molecule has 0 unspecified atom stereocenters. The molecule has 0 heterocycles. The molecule has 1 saturated carbocycles. The fraction of sp³-hybridized carbons (Fsp3) is 0.250. The Hall–Kier alpha value is -2.74. The lowest BCUT2D eigenvalue weighted by Crippen LogP contribution is -2.19. The van der Waals surface area contributed by atoms with Crippen LogP contribution in [0.4, 0.5) is 0 Å². The lowest BCUT2D eigenvalue weighted by atomic mass is 9.90. The summed E-state index contributed by atoms with van der Waals surface area (Å²) in [5.41, 5.74) is 3.19. The van der Waals surface area contributed by atoms with E-state index < -0.39 is 0 Å². The third-order valence-electron chi connectivity index (χ3n) is 4.71. The van der Waals surface area contributed by atoms with Crippen molar-refractivity contribution in [2.75, 3.05) is 0 Å². The first-order valence-electron chi connectivity index (χ1n) is 9.34. The van der Waals surface area contributed by atoms with Crippen LogP contribution in [0.25, 0.3) is 12.2 Å². The number of hydrogen-bond donors (Lipinski definition) is 0. The third kappa shape index (κ3) is 4.89. The zero-order valence-electron chi connectivity index (χ0n) is 15.0. The van der Waals surface area contributed by atoms with Crippen molar-refractivity contribution in [1.29, 1.82) is 0 Å². The zero-order chi connectivity index (χ0) is 18.2. The zero-order valence-corrected chi connectivity index (χ0v) is 15.0. The Balaban J connectivity index is 1.92. The largest absolute Gasteiger partial charge is 0.285 e. The van der Waals surface area contributed by atoms with Gasteiger partial charge in [0, 0.05) is 11.1 Å². The molecule has 0 aromatic heterocycles. The molecular weight excluding hydrogens is 320 g/mol. The topological polar surface area (TPSA) is 34.1 Å². The maximum absolute atomic E-state index is 12.9. The number of ketones is 2. The average molecular weight is 344 g/mol. The number of carbonyl (C=O) groups is 2. The van der Waals surface area contributed by atoms with Gasteiger partial charge < -0.3 is 0 Å². The van der Waals surface area contributed by atoms with Gasteiger partial charge in [0.1, 0.15) is 0 Å². The van der Waals surface area contributed by atoms with E-state index in [0.29, 0.717) is 24.0 Å². The molecule has 0 saturated heterocycles. The predicted octanol–water partition coefficient (Wildman–Crippen LogP) is 5.65. The van der Waals surface area contributed by atoms with E-state index in [0.717, 1.165) is 36.8 Å². The second-order valence-electron chi connectivity index (χ2n) is 6.73. The number of carbonyl (C=O) groups excluding carboxylic acids is 2. The summed E-state index contributed by atoms with van der Waals surface area (Å²) in [5.74, 6) is -0.698. The first kappa shape index (κ1) is 18.1. The van der Waals surface area contributed by atoms with Gasteiger partial charge in [-0.05, 0) is 49.0 Å². The number of hydrogen-bond acceptors (Lipinski definition) is 2. The van der Waals surface area contributed by atoms with Crippen molar-refractivity contribution in [1.82, 2.24) is 0 Å². The maximum atomic E-state index is 12.9. The van der Waals surface area contributed by atoms with Gasteiger partial charge in [-0.25, -0.2) is 0 Å². The Morgan fingerprint density at radius 3 is 1.31 bits per heavy atom. The molecule has 0 atom stereocenters. The molecule has 1 aliphatic carbocycles. The first-order valence-corrected chi connectivity index (χ1v) is 9.34. The van der Waals surface area contributed by atoms with E-state index in [-0.39, 0.29) is 11.6 Å². The summed E-state index contributed by atoms with van der Waals surface area (Å²) in [6.07, 6.45) is 9.17. The Labute approximate surface area is 155 Å². The molecule has 1 fully saturated rings. The van der Waals surface area contributed by atoms with Gasteiger partial charge in [0.2, 0.25) is 11.6 Å². The van der Waals surface area contributed by atoms with Crippen LogP contribution in [-0.4, -0.2) is 11.6 Å². The number of allylic oxidation sites excluding steroid dienone is 2. The number of benzene rings is 2. The molecule has 26 heavy (non-hydrogen) atoms. The van der Waals surface area contributed by atoms with Crippen molar-refractivity contribution in [3.63, 3.8) is 0 Å². The summed E-state index contributed by atoms with van der Waals surface area (Å²) in [6.45, 7) is 0. The van der Waals surface area contributed by atoms with Crippen LogP contribution in [0.15, 0.2) is 71.8 Å². The molecule has 2 aromatic carbocycles.